The van der Waals surface area contributed by atoms with Gasteiger partial charge in [0, 0.05) is 0 Å². The Morgan fingerprint density at radius 3 is 1.75 bits per heavy atom. The molecule has 0 heterocycles. The van der Waals surface area contributed by atoms with E-state index in [9.17, 15) is 0 Å². The lowest BCUT2D eigenvalue weighted by Crippen LogP contribution is -2.22. The van der Waals surface area contributed by atoms with Crippen molar-refractivity contribution in [2.24, 2.45) is 0 Å². The molecule has 2 nitrogen and oxygen atoms in total. The van der Waals surface area contributed by atoms with Gasteiger partial charge in [-0.3, -0.25) is 0 Å². The molecule has 0 aromatic heterocycles. The van der Waals surface area contributed by atoms with Gasteiger partial charge in [-0.05, 0) is 20.3 Å². The lowest BCUT2D eigenvalue weighted by Gasteiger charge is -2.20. The molecule has 4 heteroatoms. The molecule has 0 aliphatic carbocycles. The van der Waals surface area contributed by atoms with Crippen LogP contribution in [0.15, 0.2) is 0 Å². The number of ether oxygens (including phenoxy) is 2. The van der Waals surface area contributed by atoms with Gasteiger partial charge in [0.1, 0.15) is 11.1 Å². The molecule has 0 aliphatic rings. The number of hydrogen-bond acceptors (Lipinski definition) is 2. The van der Waals surface area contributed by atoms with Gasteiger partial charge < -0.3 is 9.47 Å². The highest BCUT2D eigenvalue weighted by atomic mass is 35.5. The first-order chi connectivity index (χ1) is 5.56. The van der Waals surface area contributed by atoms with E-state index in [0.29, 0.717) is 0 Å². The quantitative estimate of drug-likeness (QED) is 0.499. The van der Waals surface area contributed by atoms with E-state index in [1.165, 1.54) is 0 Å². The number of alkyl halides is 2. The van der Waals surface area contributed by atoms with Gasteiger partial charge in [0.25, 0.3) is 0 Å². The first-order valence-electron chi connectivity index (χ1n) is 4.15. The van der Waals surface area contributed by atoms with E-state index in [-0.39, 0.29) is 17.4 Å². The van der Waals surface area contributed by atoms with Crippen LogP contribution in [-0.2, 0) is 9.47 Å². The molecule has 0 saturated heterocycles. The Morgan fingerprint density at radius 2 is 1.50 bits per heavy atom. The lowest BCUT2D eigenvalue weighted by atomic mass is 10.3. The van der Waals surface area contributed by atoms with Crippen molar-refractivity contribution in [2.45, 2.75) is 51.0 Å². The molecule has 12 heavy (non-hydrogen) atoms. The minimum absolute atomic E-state index is 0.282. The largest absolute Gasteiger partial charge is 0.334 e. The monoisotopic (exact) mass is 214 g/mol. The summed E-state index contributed by atoms with van der Waals surface area (Å²) in [6.45, 7) is 5.57. The van der Waals surface area contributed by atoms with Crippen LogP contribution < -0.4 is 0 Å². The average molecular weight is 215 g/mol. The predicted octanol–water partition coefficient (Wildman–Crippen LogP) is 3.32. The second-order valence-electron chi connectivity index (χ2n) is 2.58. The van der Waals surface area contributed by atoms with Gasteiger partial charge in [-0.2, -0.15) is 0 Å². The Labute approximate surface area is 84.1 Å². The van der Waals surface area contributed by atoms with E-state index in [4.69, 9.17) is 32.7 Å². The summed E-state index contributed by atoms with van der Waals surface area (Å²) in [5, 5.41) is 0. The smallest absolute Gasteiger partial charge is 0.161 e. The fourth-order valence-corrected chi connectivity index (χ4v) is 1.05. The number of hydrogen-bond donors (Lipinski definition) is 0. The maximum Gasteiger partial charge on any atom is 0.161 e. The van der Waals surface area contributed by atoms with Crippen molar-refractivity contribution in [3.63, 3.8) is 0 Å². The second-order valence-corrected chi connectivity index (χ2v) is 3.81. The van der Waals surface area contributed by atoms with E-state index < -0.39 is 0 Å². The third-order valence-corrected chi connectivity index (χ3v) is 1.41. The molecule has 0 saturated carbocycles. The zero-order chi connectivity index (χ0) is 9.56. The minimum atomic E-state index is -0.336. The Bertz CT molecular complexity index is 97.2. The number of rotatable bonds is 6. The van der Waals surface area contributed by atoms with Gasteiger partial charge >= 0.3 is 0 Å². The van der Waals surface area contributed by atoms with Crippen molar-refractivity contribution in [1.29, 1.82) is 0 Å². The normalized spacial score (nSPS) is 18.8. The maximum atomic E-state index is 5.65. The summed E-state index contributed by atoms with van der Waals surface area (Å²) >= 11 is 11.3. The van der Waals surface area contributed by atoms with Gasteiger partial charge in [0.2, 0.25) is 0 Å². The SMILES string of the molecule is CCCC(OC(C)Cl)OC(C)Cl. The Balaban J connectivity index is 3.69. The molecule has 2 atom stereocenters. The molecule has 0 radical (unpaired) electrons. The summed E-state index contributed by atoms with van der Waals surface area (Å²) in [6.07, 6.45) is 1.52. The molecule has 0 N–H and O–H groups in total. The van der Waals surface area contributed by atoms with Crippen molar-refractivity contribution >= 4 is 23.2 Å². The van der Waals surface area contributed by atoms with Gasteiger partial charge in [-0.25, -0.2) is 0 Å². The van der Waals surface area contributed by atoms with Gasteiger partial charge in [-0.1, -0.05) is 36.5 Å². The average Bonchev–Trinajstić information content (AvgIpc) is 1.84. The molecule has 0 rings (SSSR count). The highest BCUT2D eigenvalue weighted by molar-refractivity contribution is 6.19. The third kappa shape index (κ3) is 7.17. The molecule has 0 fully saturated rings. The Kier molecular flexibility index (Phi) is 7.25. The fraction of sp³-hybridized carbons (Fsp3) is 1.00. The second kappa shape index (κ2) is 6.96. The van der Waals surface area contributed by atoms with E-state index >= 15 is 0 Å². The molecule has 2 unspecified atom stereocenters. The lowest BCUT2D eigenvalue weighted by molar-refractivity contribution is -0.159. The van der Waals surface area contributed by atoms with Crippen LogP contribution in [0.4, 0.5) is 0 Å². The van der Waals surface area contributed by atoms with Gasteiger partial charge in [-0.15, -0.1) is 0 Å². The zero-order valence-corrected chi connectivity index (χ0v) is 9.23. The number of halogens is 2. The highest BCUT2D eigenvalue weighted by Gasteiger charge is 2.13. The van der Waals surface area contributed by atoms with Crippen LogP contribution in [0.1, 0.15) is 33.6 Å². The van der Waals surface area contributed by atoms with Gasteiger partial charge in [0.05, 0.1) is 0 Å². The molecule has 0 spiro atoms. The summed E-state index contributed by atoms with van der Waals surface area (Å²) in [5.41, 5.74) is -0.672. The summed E-state index contributed by atoms with van der Waals surface area (Å²) < 4.78 is 10.5. The maximum absolute atomic E-state index is 5.65. The van der Waals surface area contributed by atoms with Crippen LogP contribution >= 0.6 is 23.2 Å². The van der Waals surface area contributed by atoms with Crippen LogP contribution in [0.2, 0.25) is 0 Å². The summed E-state index contributed by atoms with van der Waals surface area (Å²) in [4.78, 5) is 0. The van der Waals surface area contributed by atoms with Crippen LogP contribution in [0, 0.1) is 0 Å². The summed E-state index contributed by atoms with van der Waals surface area (Å²) in [5.74, 6) is 0. The van der Waals surface area contributed by atoms with Crippen molar-refractivity contribution in [1.82, 2.24) is 0 Å². The molecule has 0 amide bonds. The van der Waals surface area contributed by atoms with Crippen molar-refractivity contribution < 1.29 is 9.47 Å². The molecule has 74 valence electrons. The minimum Gasteiger partial charge on any atom is -0.334 e. The van der Waals surface area contributed by atoms with Gasteiger partial charge in [0.15, 0.2) is 6.29 Å². The van der Waals surface area contributed by atoms with Crippen LogP contribution in [0.25, 0.3) is 0 Å². The molecule has 0 aliphatic heterocycles. The Morgan fingerprint density at radius 1 is 1.08 bits per heavy atom. The first kappa shape index (κ1) is 12.5. The molecular formula is C8H16Cl2O2. The molecular weight excluding hydrogens is 199 g/mol. The van der Waals surface area contributed by atoms with E-state index in [2.05, 4.69) is 6.92 Å². The predicted molar refractivity (Wildman–Crippen MR) is 51.5 cm³/mol. The zero-order valence-electron chi connectivity index (χ0n) is 7.72. The highest BCUT2D eigenvalue weighted by Crippen LogP contribution is 2.13. The fourth-order valence-electron chi connectivity index (χ4n) is 0.822. The van der Waals surface area contributed by atoms with Crippen LogP contribution in [-0.4, -0.2) is 17.4 Å². The van der Waals surface area contributed by atoms with E-state index in [0.717, 1.165) is 12.8 Å². The first-order valence-corrected chi connectivity index (χ1v) is 5.02. The molecule has 0 aromatic carbocycles. The topological polar surface area (TPSA) is 18.5 Å². The molecule has 0 aromatic rings. The van der Waals surface area contributed by atoms with Crippen molar-refractivity contribution in [3.8, 4) is 0 Å². The Hall–Kier alpha value is 0.500. The third-order valence-electron chi connectivity index (χ3n) is 1.20. The van der Waals surface area contributed by atoms with Crippen molar-refractivity contribution in [2.75, 3.05) is 0 Å². The van der Waals surface area contributed by atoms with Crippen LogP contribution in [0.5, 0.6) is 0 Å². The standard InChI is InChI=1S/C8H16Cl2O2/c1-4-5-8(11-6(2)9)12-7(3)10/h6-8H,4-5H2,1-3H3. The van der Waals surface area contributed by atoms with E-state index in [1.54, 1.807) is 13.8 Å². The summed E-state index contributed by atoms with van der Waals surface area (Å²) in [6, 6.07) is 0. The van der Waals surface area contributed by atoms with E-state index in [1.807, 2.05) is 0 Å². The molecule has 0 bridgehead atoms. The van der Waals surface area contributed by atoms with Crippen LogP contribution in [0.3, 0.4) is 0 Å². The summed E-state index contributed by atoms with van der Waals surface area (Å²) in [7, 11) is 0. The van der Waals surface area contributed by atoms with Crippen molar-refractivity contribution in [3.05, 3.63) is 0 Å².